The monoisotopic (exact) mass is 293 g/mol. The molecule has 0 unspecified atom stereocenters. The van der Waals surface area contributed by atoms with Crippen molar-refractivity contribution >= 4 is 7.60 Å². The Hall–Kier alpha value is 0.110. The van der Waals surface area contributed by atoms with Crippen LogP contribution in [0.4, 0.5) is 0 Å². The zero-order chi connectivity index (χ0) is 14.4. The average molecular weight is 293 g/mol. The Morgan fingerprint density at radius 3 is 1.74 bits per heavy atom. The van der Waals surface area contributed by atoms with Crippen molar-refractivity contribution in [3.8, 4) is 0 Å². The van der Waals surface area contributed by atoms with Crippen molar-refractivity contribution in [2.45, 2.75) is 71.1 Å². The molecule has 0 radical (unpaired) electrons. The van der Waals surface area contributed by atoms with E-state index in [9.17, 15) is 4.57 Å². The molecule has 0 spiro atoms. The Bertz CT molecular complexity index is 231. The van der Waals surface area contributed by atoms with Crippen molar-refractivity contribution in [2.75, 3.05) is 19.3 Å². The molecule has 19 heavy (non-hydrogen) atoms. The fourth-order valence-corrected chi connectivity index (χ4v) is 2.54. The molecule has 0 aromatic heterocycles. The van der Waals surface area contributed by atoms with Gasteiger partial charge in [-0.2, -0.15) is 0 Å². The molecule has 0 saturated heterocycles. The Morgan fingerprint density at radius 2 is 1.26 bits per heavy atom. The Kier molecular flexibility index (Phi) is 13.2. The number of hydrogen-bond donors (Lipinski definition) is 3. The molecule has 0 aromatic rings. The normalized spacial score (nSPS) is 11.9. The van der Waals surface area contributed by atoms with Crippen LogP contribution in [0.3, 0.4) is 0 Å². The van der Waals surface area contributed by atoms with Gasteiger partial charge in [0.15, 0.2) is 0 Å². The number of nitrogens with one attached hydrogen (secondary N) is 1. The minimum absolute atomic E-state index is 0.0508. The van der Waals surface area contributed by atoms with E-state index in [2.05, 4.69) is 12.2 Å². The molecule has 0 saturated carbocycles. The van der Waals surface area contributed by atoms with Crippen molar-refractivity contribution in [1.82, 2.24) is 5.32 Å². The van der Waals surface area contributed by atoms with Crippen LogP contribution in [0.1, 0.15) is 71.1 Å². The van der Waals surface area contributed by atoms with Gasteiger partial charge in [-0.05, 0) is 13.0 Å². The maximum atomic E-state index is 10.6. The van der Waals surface area contributed by atoms with Crippen LogP contribution in [0.25, 0.3) is 0 Å². The first-order chi connectivity index (χ1) is 9.06. The Labute approximate surface area is 118 Å². The van der Waals surface area contributed by atoms with Gasteiger partial charge in [0.2, 0.25) is 0 Å². The summed E-state index contributed by atoms with van der Waals surface area (Å²) in [6.45, 7) is 3.53. The molecule has 0 atom stereocenters. The van der Waals surface area contributed by atoms with Gasteiger partial charge in [-0.3, -0.25) is 4.57 Å². The van der Waals surface area contributed by atoms with E-state index in [4.69, 9.17) is 9.79 Å². The van der Waals surface area contributed by atoms with Crippen molar-refractivity contribution < 1.29 is 14.4 Å². The molecular formula is C14H32NO3P. The molecule has 5 heteroatoms. The lowest BCUT2D eigenvalue weighted by Gasteiger charge is -2.06. The van der Waals surface area contributed by atoms with E-state index < -0.39 is 7.60 Å². The molecule has 3 N–H and O–H groups in total. The summed E-state index contributed by atoms with van der Waals surface area (Å²) in [5.41, 5.74) is 0. The van der Waals surface area contributed by atoms with Crippen molar-refractivity contribution in [3.05, 3.63) is 0 Å². The summed E-state index contributed by atoms with van der Waals surface area (Å²) < 4.78 is 10.6. The Balaban J connectivity index is 3.01. The van der Waals surface area contributed by atoms with E-state index in [0.29, 0.717) is 6.54 Å². The Morgan fingerprint density at radius 1 is 0.789 bits per heavy atom. The minimum Gasteiger partial charge on any atom is -0.324 e. The summed E-state index contributed by atoms with van der Waals surface area (Å²) in [6.07, 6.45) is 13.1. The zero-order valence-corrected chi connectivity index (χ0v) is 13.3. The quantitative estimate of drug-likeness (QED) is 0.337. The molecule has 0 aliphatic carbocycles. The highest BCUT2D eigenvalue weighted by Gasteiger charge is 2.10. The van der Waals surface area contributed by atoms with Crippen LogP contribution in [0, 0.1) is 0 Å². The first-order valence-electron chi connectivity index (χ1n) is 7.81. The summed E-state index contributed by atoms with van der Waals surface area (Å²) in [5, 5.41) is 3.07. The van der Waals surface area contributed by atoms with Gasteiger partial charge < -0.3 is 15.1 Å². The maximum absolute atomic E-state index is 10.6. The molecule has 0 aliphatic rings. The molecule has 0 amide bonds. The summed E-state index contributed by atoms with van der Waals surface area (Å²) in [5.74, 6) is 0. The smallest absolute Gasteiger partial charge is 0.324 e. The van der Waals surface area contributed by atoms with Crippen LogP contribution in [-0.2, 0) is 4.57 Å². The second-order valence-electron chi connectivity index (χ2n) is 5.32. The number of rotatable bonds is 14. The second-order valence-corrected chi connectivity index (χ2v) is 7.10. The lowest BCUT2D eigenvalue weighted by atomic mass is 10.1. The van der Waals surface area contributed by atoms with E-state index in [0.717, 1.165) is 13.0 Å². The summed E-state index contributed by atoms with van der Waals surface area (Å²) in [7, 11) is -3.81. The highest BCUT2D eigenvalue weighted by atomic mass is 31.2. The largest absolute Gasteiger partial charge is 0.326 e. The topological polar surface area (TPSA) is 69.6 Å². The molecule has 0 bridgehead atoms. The van der Waals surface area contributed by atoms with E-state index in [1.54, 1.807) is 0 Å². The van der Waals surface area contributed by atoms with Crippen LogP contribution in [0.5, 0.6) is 0 Å². The number of unbranched alkanes of at least 4 members (excludes halogenated alkanes) is 9. The van der Waals surface area contributed by atoms with E-state index in [1.165, 1.54) is 57.8 Å². The minimum atomic E-state index is -3.81. The van der Waals surface area contributed by atoms with Crippen molar-refractivity contribution in [3.63, 3.8) is 0 Å². The standard InChI is InChI=1S/C14H32NO3P/c1-2-3-4-5-6-7-8-9-10-11-12-15-13-14-19(16,17)18/h15H,2-14H2,1H3,(H2,16,17,18). The van der Waals surface area contributed by atoms with Crippen LogP contribution in [0.15, 0.2) is 0 Å². The molecule has 0 fully saturated rings. The van der Waals surface area contributed by atoms with Crippen LogP contribution >= 0.6 is 7.60 Å². The second kappa shape index (κ2) is 13.1. The molecule has 0 aliphatic heterocycles. The fourth-order valence-electron chi connectivity index (χ4n) is 2.09. The lowest BCUT2D eigenvalue weighted by molar-refractivity contribution is 0.371. The summed E-state index contributed by atoms with van der Waals surface area (Å²) in [6, 6.07) is 0. The van der Waals surface area contributed by atoms with Gasteiger partial charge in [0.25, 0.3) is 0 Å². The lowest BCUT2D eigenvalue weighted by Crippen LogP contribution is -2.19. The van der Waals surface area contributed by atoms with Crippen molar-refractivity contribution in [1.29, 1.82) is 0 Å². The van der Waals surface area contributed by atoms with Gasteiger partial charge in [-0.1, -0.05) is 64.7 Å². The van der Waals surface area contributed by atoms with E-state index in [-0.39, 0.29) is 6.16 Å². The molecule has 0 heterocycles. The molecule has 116 valence electrons. The van der Waals surface area contributed by atoms with Gasteiger partial charge in [0, 0.05) is 6.54 Å². The highest BCUT2D eigenvalue weighted by molar-refractivity contribution is 7.51. The fraction of sp³-hybridized carbons (Fsp3) is 1.00. The van der Waals surface area contributed by atoms with E-state index in [1.807, 2.05) is 0 Å². The van der Waals surface area contributed by atoms with Gasteiger partial charge in [-0.25, -0.2) is 0 Å². The van der Waals surface area contributed by atoms with Gasteiger partial charge >= 0.3 is 7.60 Å². The van der Waals surface area contributed by atoms with Crippen LogP contribution < -0.4 is 5.32 Å². The van der Waals surface area contributed by atoms with Gasteiger partial charge in [-0.15, -0.1) is 0 Å². The molecule has 0 aromatic carbocycles. The number of hydrogen-bond acceptors (Lipinski definition) is 2. The molecular weight excluding hydrogens is 261 g/mol. The van der Waals surface area contributed by atoms with E-state index >= 15 is 0 Å². The summed E-state index contributed by atoms with van der Waals surface area (Å²) >= 11 is 0. The summed E-state index contributed by atoms with van der Waals surface area (Å²) in [4.78, 5) is 17.3. The highest BCUT2D eigenvalue weighted by Crippen LogP contribution is 2.32. The molecule has 4 nitrogen and oxygen atoms in total. The van der Waals surface area contributed by atoms with Gasteiger partial charge in [0.1, 0.15) is 0 Å². The SMILES string of the molecule is CCCCCCCCCCCCNCCP(=O)(O)O. The average Bonchev–Trinajstić information content (AvgIpc) is 2.34. The predicted octanol–water partition coefficient (Wildman–Crippen LogP) is 3.67. The maximum Gasteiger partial charge on any atom is 0.326 e. The first-order valence-corrected chi connectivity index (χ1v) is 9.61. The van der Waals surface area contributed by atoms with Gasteiger partial charge in [0.05, 0.1) is 6.16 Å². The third kappa shape index (κ3) is 18.1. The van der Waals surface area contributed by atoms with Crippen LogP contribution in [-0.4, -0.2) is 29.0 Å². The third-order valence-corrected chi connectivity index (χ3v) is 4.09. The predicted molar refractivity (Wildman–Crippen MR) is 81.6 cm³/mol. The molecule has 0 rings (SSSR count). The van der Waals surface area contributed by atoms with Crippen LogP contribution in [0.2, 0.25) is 0 Å². The first kappa shape index (κ1) is 19.1. The zero-order valence-electron chi connectivity index (χ0n) is 12.4. The third-order valence-electron chi connectivity index (χ3n) is 3.29. The van der Waals surface area contributed by atoms with Crippen molar-refractivity contribution in [2.24, 2.45) is 0 Å².